The molecule has 0 fully saturated rings. The van der Waals surface area contributed by atoms with E-state index in [4.69, 9.17) is 20.6 Å². The summed E-state index contributed by atoms with van der Waals surface area (Å²) in [5, 5.41) is 13.4. The Morgan fingerprint density at radius 2 is 2.22 bits per heavy atom. The van der Waals surface area contributed by atoms with Gasteiger partial charge in [-0.05, 0) is 32.3 Å². The topological polar surface area (TPSA) is 122 Å². The summed E-state index contributed by atoms with van der Waals surface area (Å²) in [6.45, 7) is 4.39. The number of ether oxygens (including phenoxy) is 2. The lowest BCUT2D eigenvalue weighted by Gasteiger charge is -2.32. The van der Waals surface area contributed by atoms with Crippen molar-refractivity contribution < 1.29 is 14.3 Å². The van der Waals surface area contributed by atoms with Gasteiger partial charge in [-0.15, -0.1) is 0 Å². The third kappa shape index (κ3) is 5.30. The third-order valence-corrected chi connectivity index (χ3v) is 4.17. The Morgan fingerprint density at radius 1 is 1.44 bits per heavy atom. The maximum atomic E-state index is 12.5. The Bertz CT molecular complexity index is 760. The molecule has 0 aromatic carbocycles. The summed E-state index contributed by atoms with van der Waals surface area (Å²) in [7, 11) is 1.60. The maximum Gasteiger partial charge on any atom is 0.321 e. The molecule has 27 heavy (non-hydrogen) atoms. The number of amides is 2. The average molecular weight is 373 g/mol. The van der Waals surface area contributed by atoms with Crippen molar-refractivity contribution in [3.8, 4) is 0 Å². The number of nitrogen functional groups attached to an aromatic ring is 1. The molecule has 1 aromatic heterocycles. The summed E-state index contributed by atoms with van der Waals surface area (Å²) in [5.74, 6) is 0.230. The van der Waals surface area contributed by atoms with Gasteiger partial charge in [0, 0.05) is 25.1 Å². The summed E-state index contributed by atoms with van der Waals surface area (Å²) >= 11 is 0. The van der Waals surface area contributed by atoms with Crippen molar-refractivity contribution in [2.45, 2.75) is 32.2 Å². The molecule has 0 saturated heterocycles. The lowest BCUT2D eigenvalue weighted by atomic mass is 9.88. The Labute approximate surface area is 159 Å². The Balaban J connectivity index is 2.09. The quantitative estimate of drug-likeness (QED) is 0.432. The highest BCUT2D eigenvalue weighted by molar-refractivity contribution is 5.98. The number of rotatable bonds is 7. The van der Waals surface area contributed by atoms with Gasteiger partial charge >= 0.3 is 6.03 Å². The molecule has 1 heterocycles. The monoisotopic (exact) mass is 373 g/mol. The van der Waals surface area contributed by atoms with Crippen LogP contribution in [0.5, 0.6) is 0 Å². The molecule has 1 unspecified atom stereocenters. The molecule has 1 aromatic rings. The second-order valence-electron chi connectivity index (χ2n) is 6.40. The number of methoxy groups -OCH3 is 1. The molecule has 8 heteroatoms. The van der Waals surface area contributed by atoms with E-state index in [-0.39, 0.29) is 11.7 Å². The molecular formula is C19H27N5O3. The number of hydrogen-bond acceptors (Lipinski definition) is 6. The normalized spacial score (nSPS) is 15.4. The first-order valence-corrected chi connectivity index (χ1v) is 8.82. The summed E-state index contributed by atoms with van der Waals surface area (Å²) in [6.07, 6.45) is 9.52. The molecular weight excluding hydrogens is 346 g/mol. The molecule has 0 spiro atoms. The van der Waals surface area contributed by atoms with Crippen molar-refractivity contribution in [2.24, 2.45) is 0 Å². The number of urea groups is 1. The number of pyridine rings is 1. The number of hydrogen-bond donors (Lipinski definition) is 4. The predicted molar refractivity (Wildman–Crippen MR) is 106 cm³/mol. The number of carbonyl (C=O) groups excluding carboxylic acids is 1. The molecule has 2 rings (SSSR count). The highest BCUT2D eigenvalue weighted by atomic mass is 16.5. The lowest BCUT2D eigenvalue weighted by molar-refractivity contribution is 0.142. The van der Waals surface area contributed by atoms with E-state index in [9.17, 15) is 4.79 Å². The van der Waals surface area contributed by atoms with Gasteiger partial charge in [0.2, 0.25) is 5.90 Å². The smallest absolute Gasteiger partial charge is 0.321 e. The van der Waals surface area contributed by atoms with Crippen LogP contribution < -0.4 is 16.4 Å². The van der Waals surface area contributed by atoms with Crippen molar-refractivity contribution in [3.05, 3.63) is 41.6 Å². The Hall–Kier alpha value is -2.87. The van der Waals surface area contributed by atoms with Crippen LogP contribution in [-0.4, -0.2) is 42.8 Å². The van der Waals surface area contributed by atoms with Crippen LogP contribution in [0.2, 0.25) is 0 Å². The highest BCUT2D eigenvalue weighted by Crippen LogP contribution is 2.23. The van der Waals surface area contributed by atoms with Gasteiger partial charge in [0.25, 0.3) is 0 Å². The summed E-state index contributed by atoms with van der Waals surface area (Å²) in [5.41, 5.74) is 6.96. The van der Waals surface area contributed by atoms with Gasteiger partial charge in [-0.1, -0.05) is 18.2 Å². The molecule has 1 aliphatic rings. The number of allylic oxidation sites excluding steroid dienone is 2. The van der Waals surface area contributed by atoms with Crippen LogP contribution in [0.4, 0.5) is 16.3 Å². The molecule has 2 amide bonds. The minimum absolute atomic E-state index is 0.0535. The molecule has 8 nitrogen and oxygen atoms in total. The fourth-order valence-corrected chi connectivity index (χ4v) is 2.85. The van der Waals surface area contributed by atoms with Crippen LogP contribution in [0, 0.1) is 5.41 Å². The SMILES string of the molecule is CCOC(=N)c1cnc(NC(=O)NC(C)(COC)C2=CCCC=C2)cc1N. The fourth-order valence-electron chi connectivity index (χ4n) is 2.85. The van der Waals surface area contributed by atoms with E-state index < -0.39 is 11.6 Å². The second kappa shape index (κ2) is 9.18. The fraction of sp³-hybridized carbons (Fsp3) is 0.421. The molecule has 146 valence electrons. The minimum Gasteiger partial charge on any atom is -0.478 e. The molecule has 5 N–H and O–H groups in total. The van der Waals surface area contributed by atoms with E-state index in [0.29, 0.717) is 24.5 Å². The van der Waals surface area contributed by atoms with E-state index in [0.717, 1.165) is 18.4 Å². The summed E-state index contributed by atoms with van der Waals surface area (Å²) in [6, 6.07) is 1.07. The largest absolute Gasteiger partial charge is 0.478 e. The number of anilines is 2. The molecule has 0 aliphatic heterocycles. The standard InChI is InChI=1S/C19H27N5O3/c1-4-27-17(21)14-11-22-16(10-15(14)20)23-18(25)24-19(2,12-26-3)13-8-6-5-7-9-13/h6,8-11,21H,4-5,7,12H2,1-3H3,(H4,20,22,23,24,25). The number of nitrogens with two attached hydrogens (primary N) is 1. The first kappa shape index (κ1) is 20.4. The van der Waals surface area contributed by atoms with Gasteiger partial charge in [0.1, 0.15) is 5.82 Å². The molecule has 0 radical (unpaired) electrons. The van der Waals surface area contributed by atoms with Crippen molar-refractivity contribution in [2.75, 3.05) is 31.4 Å². The van der Waals surface area contributed by atoms with Gasteiger partial charge in [-0.2, -0.15) is 0 Å². The zero-order valence-corrected chi connectivity index (χ0v) is 16.0. The summed E-state index contributed by atoms with van der Waals surface area (Å²) in [4.78, 5) is 16.6. The van der Waals surface area contributed by atoms with Crippen molar-refractivity contribution in [1.29, 1.82) is 5.41 Å². The van der Waals surface area contributed by atoms with E-state index in [1.54, 1.807) is 14.0 Å². The highest BCUT2D eigenvalue weighted by Gasteiger charge is 2.30. The van der Waals surface area contributed by atoms with Gasteiger partial charge in [0.05, 0.1) is 24.3 Å². The maximum absolute atomic E-state index is 12.5. The van der Waals surface area contributed by atoms with Gasteiger partial charge in [-0.25, -0.2) is 9.78 Å². The van der Waals surface area contributed by atoms with E-state index in [1.807, 2.05) is 13.0 Å². The van der Waals surface area contributed by atoms with Crippen molar-refractivity contribution >= 4 is 23.4 Å². The van der Waals surface area contributed by atoms with Gasteiger partial charge in [-0.3, -0.25) is 10.7 Å². The van der Waals surface area contributed by atoms with Crippen LogP contribution >= 0.6 is 0 Å². The minimum atomic E-state index is -0.668. The molecule has 1 aliphatic carbocycles. The van der Waals surface area contributed by atoms with Crippen LogP contribution in [-0.2, 0) is 9.47 Å². The average Bonchev–Trinajstić information content (AvgIpc) is 2.62. The van der Waals surface area contributed by atoms with Gasteiger partial charge < -0.3 is 20.5 Å². The molecule has 0 saturated carbocycles. The van der Waals surface area contributed by atoms with Gasteiger partial charge in [0.15, 0.2) is 0 Å². The van der Waals surface area contributed by atoms with Crippen LogP contribution in [0.15, 0.2) is 36.1 Å². The van der Waals surface area contributed by atoms with Crippen molar-refractivity contribution in [3.63, 3.8) is 0 Å². The van der Waals surface area contributed by atoms with Crippen LogP contribution in [0.25, 0.3) is 0 Å². The van der Waals surface area contributed by atoms with Crippen LogP contribution in [0.3, 0.4) is 0 Å². The zero-order chi connectivity index (χ0) is 19.9. The Kier molecular flexibility index (Phi) is 6.95. The first-order valence-electron chi connectivity index (χ1n) is 8.82. The van der Waals surface area contributed by atoms with Crippen molar-refractivity contribution in [1.82, 2.24) is 10.3 Å². The first-order chi connectivity index (χ1) is 12.9. The second-order valence-corrected chi connectivity index (χ2v) is 6.40. The number of carbonyl (C=O) groups is 1. The lowest BCUT2D eigenvalue weighted by Crippen LogP contribution is -2.52. The summed E-state index contributed by atoms with van der Waals surface area (Å²) < 4.78 is 10.4. The van der Waals surface area contributed by atoms with E-state index >= 15 is 0 Å². The number of aromatic nitrogens is 1. The van der Waals surface area contributed by atoms with E-state index in [2.05, 4.69) is 27.8 Å². The molecule has 0 bridgehead atoms. The van der Waals surface area contributed by atoms with E-state index in [1.165, 1.54) is 12.3 Å². The molecule has 1 atom stereocenters. The Morgan fingerprint density at radius 3 is 2.81 bits per heavy atom. The third-order valence-electron chi connectivity index (χ3n) is 4.17. The zero-order valence-electron chi connectivity index (χ0n) is 16.0. The number of nitrogens with one attached hydrogen (secondary N) is 3. The van der Waals surface area contributed by atoms with Crippen LogP contribution in [0.1, 0.15) is 32.3 Å². The predicted octanol–water partition coefficient (Wildman–Crippen LogP) is 2.83. The number of nitrogens with zero attached hydrogens (tertiary/aromatic N) is 1.